The van der Waals surface area contributed by atoms with Crippen molar-refractivity contribution < 1.29 is 0 Å². The lowest BCUT2D eigenvalue weighted by Gasteiger charge is -2.31. The van der Waals surface area contributed by atoms with Gasteiger partial charge in [0, 0.05) is 31.1 Å². The molecule has 1 heterocycles. The topological polar surface area (TPSA) is 39.7 Å². The van der Waals surface area contributed by atoms with Gasteiger partial charge in [0.15, 0.2) is 5.96 Å². The zero-order valence-corrected chi connectivity index (χ0v) is 15.0. The highest BCUT2D eigenvalue weighted by molar-refractivity contribution is 7.10. The molecule has 124 valence electrons. The van der Waals surface area contributed by atoms with Gasteiger partial charge in [0.05, 0.1) is 6.54 Å². The van der Waals surface area contributed by atoms with Crippen molar-refractivity contribution in [2.75, 3.05) is 27.2 Å². The van der Waals surface area contributed by atoms with E-state index in [-0.39, 0.29) is 0 Å². The SMILES string of the molecule is CN=C(NCCN(C)C1CCCCC1)NCc1sccc1C. The van der Waals surface area contributed by atoms with Crippen LogP contribution in [0.25, 0.3) is 0 Å². The Balaban J connectivity index is 1.66. The Bertz CT molecular complexity index is 463. The summed E-state index contributed by atoms with van der Waals surface area (Å²) in [5.74, 6) is 0.893. The van der Waals surface area contributed by atoms with Gasteiger partial charge in [-0.15, -0.1) is 11.3 Å². The molecule has 2 N–H and O–H groups in total. The minimum Gasteiger partial charge on any atom is -0.355 e. The second kappa shape index (κ2) is 9.16. The first-order valence-corrected chi connectivity index (χ1v) is 9.26. The Kier molecular flexibility index (Phi) is 7.19. The van der Waals surface area contributed by atoms with E-state index < -0.39 is 0 Å². The summed E-state index contributed by atoms with van der Waals surface area (Å²) in [6.45, 7) is 5.02. The normalized spacial score (nSPS) is 17.0. The summed E-state index contributed by atoms with van der Waals surface area (Å²) in [6, 6.07) is 2.94. The zero-order valence-electron chi connectivity index (χ0n) is 14.2. The van der Waals surface area contributed by atoms with Gasteiger partial charge in [-0.3, -0.25) is 4.99 Å². The molecule has 0 atom stereocenters. The minimum absolute atomic E-state index is 0.777. The molecule has 1 aromatic heterocycles. The Morgan fingerprint density at radius 1 is 1.32 bits per heavy atom. The molecular weight excluding hydrogens is 292 g/mol. The summed E-state index contributed by atoms with van der Waals surface area (Å²) in [5, 5.41) is 8.96. The van der Waals surface area contributed by atoms with Crippen molar-refractivity contribution in [3.63, 3.8) is 0 Å². The Morgan fingerprint density at radius 3 is 2.73 bits per heavy atom. The van der Waals surface area contributed by atoms with Gasteiger partial charge in [-0.2, -0.15) is 0 Å². The fourth-order valence-electron chi connectivity index (χ4n) is 3.02. The third kappa shape index (κ3) is 5.29. The number of aryl methyl sites for hydroxylation is 1. The third-order valence-corrected chi connectivity index (χ3v) is 5.59. The van der Waals surface area contributed by atoms with E-state index in [1.807, 2.05) is 7.05 Å². The molecule has 4 nitrogen and oxygen atoms in total. The van der Waals surface area contributed by atoms with Crippen LogP contribution < -0.4 is 10.6 Å². The lowest BCUT2D eigenvalue weighted by molar-refractivity contribution is 0.194. The molecule has 1 fully saturated rings. The molecule has 1 aliphatic rings. The van der Waals surface area contributed by atoms with E-state index in [1.54, 1.807) is 11.3 Å². The number of aliphatic imine (C=N–C) groups is 1. The van der Waals surface area contributed by atoms with Crippen LogP contribution in [0.2, 0.25) is 0 Å². The summed E-state index contributed by atoms with van der Waals surface area (Å²) >= 11 is 1.80. The molecular formula is C17H30N4S. The lowest BCUT2D eigenvalue weighted by atomic mass is 9.94. The molecule has 0 spiro atoms. The predicted molar refractivity (Wildman–Crippen MR) is 96.8 cm³/mol. The molecule has 0 aromatic carbocycles. The van der Waals surface area contributed by atoms with Crippen molar-refractivity contribution in [3.8, 4) is 0 Å². The minimum atomic E-state index is 0.777. The highest BCUT2D eigenvalue weighted by atomic mass is 32.1. The van der Waals surface area contributed by atoms with E-state index in [0.717, 1.165) is 31.6 Å². The van der Waals surface area contributed by atoms with Gasteiger partial charge in [0.25, 0.3) is 0 Å². The molecule has 0 amide bonds. The Hall–Kier alpha value is -1.07. The van der Waals surface area contributed by atoms with Gasteiger partial charge in [-0.25, -0.2) is 0 Å². The van der Waals surface area contributed by atoms with Gasteiger partial charge >= 0.3 is 0 Å². The first-order chi connectivity index (χ1) is 10.7. The zero-order chi connectivity index (χ0) is 15.8. The van der Waals surface area contributed by atoms with Crippen LogP contribution in [0.15, 0.2) is 16.4 Å². The monoisotopic (exact) mass is 322 g/mol. The van der Waals surface area contributed by atoms with Gasteiger partial charge in [-0.05, 0) is 43.8 Å². The van der Waals surface area contributed by atoms with Gasteiger partial charge in [0.1, 0.15) is 0 Å². The van der Waals surface area contributed by atoms with Gasteiger partial charge in [-0.1, -0.05) is 19.3 Å². The van der Waals surface area contributed by atoms with Crippen LogP contribution in [0.4, 0.5) is 0 Å². The summed E-state index contributed by atoms with van der Waals surface area (Å²) < 4.78 is 0. The van der Waals surface area contributed by atoms with E-state index in [1.165, 1.54) is 42.5 Å². The van der Waals surface area contributed by atoms with Crippen LogP contribution in [0.5, 0.6) is 0 Å². The van der Waals surface area contributed by atoms with Crippen LogP contribution >= 0.6 is 11.3 Å². The molecule has 2 rings (SSSR count). The second-order valence-electron chi connectivity index (χ2n) is 6.15. The first kappa shape index (κ1) is 17.3. The van der Waals surface area contributed by atoms with E-state index in [2.05, 4.69) is 45.9 Å². The molecule has 5 heteroatoms. The summed E-state index contributed by atoms with van der Waals surface area (Å²) in [7, 11) is 4.09. The number of thiophene rings is 1. The molecule has 0 aliphatic heterocycles. The first-order valence-electron chi connectivity index (χ1n) is 8.38. The van der Waals surface area contributed by atoms with Crippen LogP contribution in [0.1, 0.15) is 42.5 Å². The lowest BCUT2D eigenvalue weighted by Crippen LogP contribution is -2.43. The molecule has 1 aliphatic carbocycles. The van der Waals surface area contributed by atoms with Crippen molar-refractivity contribution in [2.24, 2.45) is 4.99 Å². The van der Waals surface area contributed by atoms with E-state index in [9.17, 15) is 0 Å². The number of hydrogen-bond donors (Lipinski definition) is 2. The molecule has 1 aromatic rings. The molecule has 0 bridgehead atoms. The van der Waals surface area contributed by atoms with Crippen molar-refractivity contribution >= 4 is 17.3 Å². The average molecular weight is 323 g/mol. The highest BCUT2D eigenvalue weighted by Crippen LogP contribution is 2.21. The quantitative estimate of drug-likeness (QED) is 0.625. The predicted octanol–water partition coefficient (Wildman–Crippen LogP) is 2.99. The number of nitrogens with zero attached hydrogens (tertiary/aromatic N) is 2. The largest absolute Gasteiger partial charge is 0.355 e. The smallest absolute Gasteiger partial charge is 0.191 e. The summed E-state index contributed by atoms with van der Waals surface area (Å²) in [4.78, 5) is 8.19. The maximum Gasteiger partial charge on any atom is 0.191 e. The van der Waals surface area contributed by atoms with Crippen molar-refractivity contribution in [1.29, 1.82) is 0 Å². The number of likely N-dealkylation sites (N-methyl/N-ethyl adjacent to an activating group) is 1. The van der Waals surface area contributed by atoms with Crippen LogP contribution in [-0.4, -0.2) is 44.1 Å². The molecule has 0 saturated heterocycles. The maximum absolute atomic E-state index is 4.31. The number of rotatable bonds is 6. The third-order valence-electron chi connectivity index (χ3n) is 4.56. The van der Waals surface area contributed by atoms with Crippen LogP contribution in [0.3, 0.4) is 0 Å². The van der Waals surface area contributed by atoms with Crippen molar-refractivity contribution in [3.05, 3.63) is 21.9 Å². The standard InChI is InChI=1S/C17H30N4S/c1-14-9-12-22-16(14)13-20-17(18-2)19-10-11-21(3)15-7-5-4-6-8-15/h9,12,15H,4-8,10-11,13H2,1-3H3,(H2,18,19,20). The molecule has 0 radical (unpaired) electrons. The Morgan fingerprint density at radius 2 is 2.09 bits per heavy atom. The fourth-order valence-corrected chi connectivity index (χ4v) is 3.87. The van der Waals surface area contributed by atoms with Gasteiger partial charge < -0.3 is 15.5 Å². The van der Waals surface area contributed by atoms with E-state index in [0.29, 0.717) is 0 Å². The fraction of sp³-hybridized carbons (Fsp3) is 0.706. The second-order valence-corrected chi connectivity index (χ2v) is 7.15. The van der Waals surface area contributed by atoms with Crippen molar-refractivity contribution in [1.82, 2.24) is 15.5 Å². The maximum atomic E-state index is 4.31. The van der Waals surface area contributed by atoms with Gasteiger partial charge in [0.2, 0.25) is 0 Å². The van der Waals surface area contributed by atoms with E-state index >= 15 is 0 Å². The Labute approximate surface area is 139 Å². The molecule has 22 heavy (non-hydrogen) atoms. The highest BCUT2D eigenvalue weighted by Gasteiger charge is 2.17. The van der Waals surface area contributed by atoms with Crippen LogP contribution in [0, 0.1) is 6.92 Å². The van der Waals surface area contributed by atoms with Crippen molar-refractivity contribution in [2.45, 2.75) is 51.6 Å². The number of hydrogen-bond acceptors (Lipinski definition) is 3. The summed E-state index contributed by atoms with van der Waals surface area (Å²) in [6.07, 6.45) is 6.93. The number of guanidine groups is 1. The average Bonchev–Trinajstić information content (AvgIpc) is 2.96. The number of nitrogens with one attached hydrogen (secondary N) is 2. The molecule has 0 unspecified atom stereocenters. The van der Waals surface area contributed by atoms with Crippen LogP contribution in [-0.2, 0) is 6.54 Å². The summed E-state index contributed by atoms with van der Waals surface area (Å²) in [5.41, 5.74) is 1.35. The van der Waals surface area contributed by atoms with E-state index in [4.69, 9.17) is 0 Å². The molecule has 1 saturated carbocycles.